The van der Waals surface area contributed by atoms with Gasteiger partial charge in [-0.15, -0.1) is 0 Å². The summed E-state index contributed by atoms with van der Waals surface area (Å²) in [6.45, 7) is 1.87. The Balaban J connectivity index is 1.94. The number of methoxy groups -OCH3 is 1. The minimum absolute atomic E-state index is 0.279. The molecule has 0 spiro atoms. The number of hydrogen-bond acceptors (Lipinski definition) is 5. The summed E-state index contributed by atoms with van der Waals surface area (Å²) in [6, 6.07) is 9.77. The standard InChI is InChI=1S/C17H18N2O3/c1-11-15-13(19-18-12-7-4-3-5-8-12)9-6-10-14(15)22-16(11)17(20)21-2/h3-5,7-8,18H,6,9-10H2,1-2H3/b19-13+. The van der Waals surface area contributed by atoms with Gasteiger partial charge in [-0.3, -0.25) is 5.43 Å². The van der Waals surface area contributed by atoms with E-state index in [1.54, 1.807) is 0 Å². The number of para-hydroxylation sites is 1. The number of esters is 1. The number of benzene rings is 1. The molecule has 2 aromatic rings. The van der Waals surface area contributed by atoms with E-state index in [0.29, 0.717) is 0 Å². The third-order valence-electron chi connectivity index (χ3n) is 3.79. The fourth-order valence-electron chi connectivity index (χ4n) is 2.71. The minimum atomic E-state index is -0.442. The summed E-state index contributed by atoms with van der Waals surface area (Å²) in [4.78, 5) is 11.8. The topological polar surface area (TPSA) is 63.8 Å². The number of nitrogens with zero attached hydrogens (tertiary/aromatic N) is 1. The quantitative estimate of drug-likeness (QED) is 0.695. The summed E-state index contributed by atoms with van der Waals surface area (Å²) >= 11 is 0. The van der Waals surface area contributed by atoms with Crippen molar-refractivity contribution >= 4 is 17.4 Å². The van der Waals surface area contributed by atoms with Crippen LogP contribution in [0.4, 0.5) is 5.69 Å². The predicted molar refractivity (Wildman–Crippen MR) is 84.3 cm³/mol. The molecule has 1 heterocycles. The van der Waals surface area contributed by atoms with Crippen molar-refractivity contribution in [2.75, 3.05) is 12.5 Å². The van der Waals surface area contributed by atoms with E-state index in [1.807, 2.05) is 37.3 Å². The first-order valence-electron chi connectivity index (χ1n) is 7.29. The van der Waals surface area contributed by atoms with Crippen molar-refractivity contribution in [1.29, 1.82) is 0 Å². The van der Waals surface area contributed by atoms with Gasteiger partial charge in [-0.1, -0.05) is 18.2 Å². The number of carbonyl (C=O) groups is 1. The van der Waals surface area contributed by atoms with E-state index in [-0.39, 0.29) is 5.76 Å². The van der Waals surface area contributed by atoms with E-state index in [2.05, 4.69) is 10.5 Å². The summed E-state index contributed by atoms with van der Waals surface area (Å²) < 4.78 is 10.5. The smallest absolute Gasteiger partial charge is 0.374 e. The Bertz CT molecular complexity index is 717. The Kier molecular flexibility index (Phi) is 3.96. The van der Waals surface area contributed by atoms with Crippen LogP contribution in [0.2, 0.25) is 0 Å². The Morgan fingerprint density at radius 3 is 2.77 bits per heavy atom. The molecule has 1 aliphatic carbocycles. The van der Waals surface area contributed by atoms with Crippen molar-refractivity contribution in [1.82, 2.24) is 0 Å². The molecule has 3 rings (SSSR count). The zero-order chi connectivity index (χ0) is 15.5. The molecule has 1 N–H and O–H groups in total. The number of aryl methyl sites for hydroxylation is 1. The van der Waals surface area contributed by atoms with E-state index in [1.165, 1.54) is 7.11 Å². The Hall–Kier alpha value is -2.56. The van der Waals surface area contributed by atoms with Crippen LogP contribution < -0.4 is 5.43 Å². The number of ether oxygens (including phenoxy) is 1. The van der Waals surface area contributed by atoms with Crippen LogP contribution in [0, 0.1) is 6.92 Å². The molecule has 5 heteroatoms. The van der Waals surface area contributed by atoms with E-state index in [0.717, 1.165) is 47.5 Å². The zero-order valence-corrected chi connectivity index (χ0v) is 12.7. The lowest BCUT2D eigenvalue weighted by Gasteiger charge is -2.13. The van der Waals surface area contributed by atoms with Gasteiger partial charge >= 0.3 is 5.97 Å². The van der Waals surface area contributed by atoms with Crippen molar-refractivity contribution in [2.45, 2.75) is 26.2 Å². The molecule has 114 valence electrons. The van der Waals surface area contributed by atoms with Gasteiger partial charge in [0.2, 0.25) is 5.76 Å². The highest BCUT2D eigenvalue weighted by Gasteiger charge is 2.28. The number of carbonyl (C=O) groups excluding carboxylic acids is 1. The van der Waals surface area contributed by atoms with Crippen LogP contribution in [0.3, 0.4) is 0 Å². The first-order valence-corrected chi connectivity index (χ1v) is 7.29. The van der Waals surface area contributed by atoms with Gasteiger partial charge < -0.3 is 9.15 Å². The summed E-state index contributed by atoms with van der Waals surface area (Å²) in [6.07, 6.45) is 2.63. The molecule has 1 aliphatic rings. The maximum absolute atomic E-state index is 11.8. The van der Waals surface area contributed by atoms with Gasteiger partial charge in [0.15, 0.2) is 0 Å². The number of hydrazone groups is 1. The van der Waals surface area contributed by atoms with E-state index >= 15 is 0 Å². The number of anilines is 1. The van der Waals surface area contributed by atoms with Gasteiger partial charge in [-0.25, -0.2) is 4.79 Å². The predicted octanol–water partition coefficient (Wildman–Crippen LogP) is 3.53. The van der Waals surface area contributed by atoms with Crippen molar-refractivity contribution in [3.8, 4) is 0 Å². The van der Waals surface area contributed by atoms with Crippen molar-refractivity contribution in [2.24, 2.45) is 5.10 Å². The average Bonchev–Trinajstić information content (AvgIpc) is 2.91. The molecule has 0 saturated heterocycles. The van der Waals surface area contributed by atoms with Gasteiger partial charge in [-0.05, 0) is 31.9 Å². The molecule has 0 atom stereocenters. The number of rotatable bonds is 3. The summed E-state index contributed by atoms with van der Waals surface area (Å²) in [7, 11) is 1.36. The Morgan fingerprint density at radius 2 is 2.05 bits per heavy atom. The van der Waals surface area contributed by atoms with E-state index in [4.69, 9.17) is 9.15 Å². The third kappa shape index (κ3) is 2.62. The van der Waals surface area contributed by atoms with Gasteiger partial charge in [0.05, 0.1) is 18.5 Å². The highest BCUT2D eigenvalue weighted by Crippen LogP contribution is 2.30. The molecule has 5 nitrogen and oxygen atoms in total. The lowest BCUT2D eigenvalue weighted by atomic mass is 9.93. The number of hydrogen-bond donors (Lipinski definition) is 1. The molecule has 1 aromatic carbocycles. The molecule has 22 heavy (non-hydrogen) atoms. The van der Waals surface area contributed by atoms with E-state index < -0.39 is 5.97 Å². The van der Waals surface area contributed by atoms with Crippen molar-refractivity contribution in [3.63, 3.8) is 0 Å². The van der Waals surface area contributed by atoms with Crippen LogP contribution in [0.15, 0.2) is 39.9 Å². The highest BCUT2D eigenvalue weighted by atomic mass is 16.5. The average molecular weight is 298 g/mol. The Labute approximate surface area is 129 Å². The van der Waals surface area contributed by atoms with Gasteiger partial charge in [0, 0.05) is 17.5 Å². The van der Waals surface area contributed by atoms with Crippen LogP contribution in [0.5, 0.6) is 0 Å². The zero-order valence-electron chi connectivity index (χ0n) is 12.7. The van der Waals surface area contributed by atoms with Gasteiger partial charge in [-0.2, -0.15) is 5.10 Å². The summed E-state index contributed by atoms with van der Waals surface area (Å²) in [5.74, 6) is 0.654. The van der Waals surface area contributed by atoms with Crippen LogP contribution >= 0.6 is 0 Å². The molecule has 1 aromatic heterocycles. The number of fused-ring (bicyclic) bond motifs is 1. The maximum atomic E-state index is 11.8. The molecular weight excluding hydrogens is 280 g/mol. The number of nitrogens with one attached hydrogen (secondary N) is 1. The number of furan rings is 1. The molecular formula is C17H18N2O3. The molecule has 0 saturated carbocycles. The third-order valence-corrected chi connectivity index (χ3v) is 3.79. The van der Waals surface area contributed by atoms with Gasteiger partial charge in [0.1, 0.15) is 5.76 Å². The van der Waals surface area contributed by atoms with Crippen LogP contribution in [-0.4, -0.2) is 18.8 Å². The normalized spacial score (nSPS) is 15.5. The molecule has 0 bridgehead atoms. The van der Waals surface area contributed by atoms with Crippen molar-refractivity contribution < 1.29 is 13.9 Å². The van der Waals surface area contributed by atoms with Gasteiger partial charge in [0.25, 0.3) is 0 Å². The molecule has 0 fully saturated rings. The SMILES string of the molecule is COC(=O)c1oc2c(c1C)/C(=N/Nc1ccccc1)CCC2. The van der Waals surface area contributed by atoms with Crippen LogP contribution in [0.25, 0.3) is 0 Å². The molecule has 0 amide bonds. The second-order valence-corrected chi connectivity index (χ2v) is 5.24. The monoisotopic (exact) mass is 298 g/mol. The molecule has 0 aliphatic heterocycles. The fraction of sp³-hybridized carbons (Fsp3) is 0.294. The first-order chi connectivity index (χ1) is 10.7. The molecule has 0 radical (unpaired) electrons. The maximum Gasteiger partial charge on any atom is 0.374 e. The van der Waals surface area contributed by atoms with Crippen LogP contribution in [0.1, 0.15) is 40.3 Å². The second-order valence-electron chi connectivity index (χ2n) is 5.24. The highest BCUT2D eigenvalue weighted by molar-refractivity contribution is 6.06. The lowest BCUT2D eigenvalue weighted by Crippen LogP contribution is -2.13. The lowest BCUT2D eigenvalue weighted by molar-refractivity contribution is 0.0562. The summed E-state index contributed by atoms with van der Waals surface area (Å²) in [5, 5.41) is 4.51. The van der Waals surface area contributed by atoms with Crippen molar-refractivity contribution in [3.05, 3.63) is 53.0 Å². The first kappa shape index (κ1) is 14.4. The fourth-order valence-corrected chi connectivity index (χ4v) is 2.71. The van der Waals surface area contributed by atoms with E-state index in [9.17, 15) is 4.79 Å². The Morgan fingerprint density at radius 1 is 1.27 bits per heavy atom. The van der Waals surface area contributed by atoms with Crippen LogP contribution in [-0.2, 0) is 11.2 Å². The second kappa shape index (κ2) is 6.05. The minimum Gasteiger partial charge on any atom is -0.463 e. The summed E-state index contributed by atoms with van der Waals surface area (Å²) in [5.41, 5.74) is 6.65. The molecule has 0 unspecified atom stereocenters. The largest absolute Gasteiger partial charge is 0.463 e.